The molecule has 1 saturated carbocycles. The van der Waals surface area contributed by atoms with Crippen molar-refractivity contribution in [2.75, 3.05) is 19.6 Å². The van der Waals surface area contributed by atoms with Gasteiger partial charge in [0.25, 0.3) is 0 Å². The molecule has 0 bridgehead atoms. The van der Waals surface area contributed by atoms with Crippen molar-refractivity contribution in [1.82, 2.24) is 15.1 Å². The van der Waals surface area contributed by atoms with Crippen LogP contribution in [0.4, 0.5) is 0 Å². The summed E-state index contributed by atoms with van der Waals surface area (Å²) in [5, 5.41) is 3.24. The molecule has 2 fully saturated rings. The van der Waals surface area contributed by atoms with Crippen molar-refractivity contribution in [2.24, 2.45) is 0 Å². The fourth-order valence-corrected chi connectivity index (χ4v) is 2.77. The Kier molecular flexibility index (Phi) is 4.58. The van der Waals surface area contributed by atoms with Gasteiger partial charge in [0, 0.05) is 25.2 Å². The first kappa shape index (κ1) is 14.5. The summed E-state index contributed by atoms with van der Waals surface area (Å²) in [6.07, 6.45) is 2.91. The Balaban J connectivity index is 1.77. The third-order valence-corrected chi connectivity index (χ3v) is 3.96. The average Bonchev–Trinajstić information content (AvgIpc) is 3.12. The van der Waals surface area contributed by atoms with Gasteiger partial charge in [-0.15, -0.1) is 0 Å². The van der Waals surface area contributed by atoms with Gasteiger partial charge in [0.1, 0.15) is 0 Å². The smallest absolute Gasteiger partial charge is 0.247 e. The van der Waals surface area contributed by atoms with E-state index in [0.29, 0.717) is 6.42 Å². The molecule has 1 atom stereocenters. The number of likely N-dealkylation sites (tertiary alicyclic amines) is 1. The van der Waals surface area contributed by atoms with Gasteiger partial charge >= 0.3 is 0 Å². The molecule has 2 rings (SSSR count). The summed E-state index contributed by atoms with van der Waals surface area (Å²) in [6, 6.07) is 0.401. The van der Waals surface area contributed by atoms with Crippen LogP contribution in [0.3, 0.4) is 0 Å². The summed E-state index contributed by atoms with van der Waals surface area (Å²) in [5.41, 5.74) is 0. The second-order valence-electron chi connectivity index (χ2n) is 5.77. The van der Waals surface area contributed by atoms with Crippen LogP contribution < -0.4 is 5.32 Å². The lowest BCUT2D eigenvalue weighted by Crippen LogP contribution is -2.44. The number of nitrogens with zero attached hydrogens (tertiary/aromatic N) is 2. The van der Waals surface area contributed by atoms with Crippen LogP contribution in [0.2, 0.25) is 0 Å². The minimum Gasteiger partial charge on any atom is -0.304 e. The summed E-state index contributed by atoms with van der Waals surface area (Å²) in [4.78, 5) is 27.7. The van der Waals surface area contributed by atoms with Crippen molar-refractivity contribution in [1.29, 1.82) is 0 Å². The molecule has 1 unspecified atom stereocenters. The van der Waals surface area contributed by atoms with Crippen LogP contribution >= 0.6 is 0 Å². The van der Waals surface area contributed by atoms with E-state index in [1.807, 2.05) is 13.8 Å². The summed E-state index contributed by atoms with van der Waals surface area (Å²) in [6.45, 7) is 8.72. The van der Waals surface area contributed by atoms with Crippen molar-refractivity contribution in [3.8, 4) is 0 Å². The summed E-state index contributed by atoms with van der Waals surface area (Å²) >= 11 is 0. The monoisotopic (exact) mass is 267 g/mol. The number of amides is 2. The van der Waals surface area contributed by atoms with Crippen LogP contribution in [0.5, 0.6) is 0 Å². The van der Waals surface area contributed by atoms with Gasteiger partial charge in [-0.25, -0.2) is 0 Å². The Hall–Kier alpha value is -0.940. The number of carbonyl (C=O) groups is 2. The van der Waals surface area contributed by atoms with Gasteiger partial charge in [0.2, 0.25) is 11.8 Å². The number of carbonyl (C=O) groups excluding carboxylic acids is 2. The highest BCUT2D eigenvalue weighted by Crippen LogP contribution is 2.26. The maximum atomic E-state index is 12.1. The number of hydrogen-bond donors (Lipinski definition) is 1. The molecule has 0 spiro atoms. The predicted octanol–water partition coefficient (Wildman–Crippen LogP) is 0.596. The number of imide groups is 1. The van der Waals surface area contributed by atoms with Crippen LogP contribution in [0.1, 0.15) is 40.0 Å². The van der Waals surface area contributed by atoms with Crippen molar-refractivity contribution in [2.45, 2.75) is 58.2 Å². The zero-order valence-electron chi connectivity index (χ0n) is 12.2. The largest absolute Gasteiger partial charge is 0.304 e. The second kappa shape index (κ2) is 6.01. The third-order valence-electron chi connectivity index (χ3n) is 3.96. The van der Waals surface area contributed by atoms with E-state index in [-0.39, 0.29) is 23.9 Å². The summed E-state index contributed by atoms with van der Waals surface area (Å²) < 4.78 is 0. The zero-order chi connectivity index (χ0) is 14.0. The molecule has 0 radical (unpaired) electrons. The van der Waals surface area contributed by atoms with Gasteiger partial charge in [0.05, 0.1) is 12.5 Å². The van der Waals surface area contributed by atoms with Crippen molar-refractivity contribution >= 4 is 11.8 Å². The van der Waals surface area contributed by atoms with Gasteiger partial charge in [-0.1, -0.05) is 6.92 Å². The van der Waals surface area contributed by atoms with Gasteiger partial charge in [-0.2, -0.15) is 0 Å². The lowest BCUT2D eigenvalue weighted by Gasteiger charge is -2.22. The molecular weight excluding hydrogens is 242 g/mol. The molecule has 108 valence electrons. The van der Waals surface area contributed by atoms with Crippen LogP contribution in [0, 0.1) is 0 Å². The molecule has 5 heteroatoms. The minimum atomic E-state index is -0.312. The molecule has 0 aromatic carbocycles. The van der Waals surface area contributed by atoms with E-state index >= 15 is 0 Å². The highest BCUT2D eigenvalue weighted by Gasteiger charge is 2.39. The van der Waals surface area contributed by atoms with Crippen molar-refractivity contribution in [3.05, 3.63) is 0 Å². The van der Waals surface area contributed by atoms with Gasteiger partial charge in [0.15, 0.2) is 0 Å². The highest BCUT2D eigenvalue weighted by molar-refractivity contribution is 6.05. The molecule has 1 aliphatic heterocycles. The molecular formula is C14H25N3O2. The molecule has 2 amide bonds. The van der Waals surface area contributed by atoms with Gasteiger partial charge in [-0.3, -0.25) is 19.4 Å². The van der Waals surface area contributed by atoms with E-state index in [0.717, 1.165) is 25.7 Å². The van der Waals surface area contributed by atoms with E-state index in [1.54, 1.807) is 0 Å². The molecule has 1 saturated heterocycles. The highest BCUT2D eigenvalue weighted by atomic mass is 16.2. The Morgan fingerprint density at radius 3 is 2.53 bits per heavy atom. The normalized spacial score (nSPS) is 24.1. The molecule has 2 aliphatic rings. The van der Waals surface area contributed by atoms with Crippen LogP contribution in [0.15, 0.2) is 0 Å². The molecule has 0 aromatic rings. The van der Waals surface area contributed by atoms with E-state index in [9.17, 15) is 9.59 Å². The molecule has 1 heterocycles. The SMILES string of the molecule is CCN(CCNC1CC(=O)N(C(C)C)C1=O)C1CC1. The fraction of sp³-hybridized carbons (Fsp3) is 0.857. The Bertz CT molecular complexity index is 353. The first-order valence-corrected chi connectivity index (χ1v) is 7.38. The third kappa shape index (κ3) is 3.34. The van der Waals surface area contributed by atoms with E-state index in [2.05, 4.69) is 17.1 Å². The minimum absolute atomic E-state index is 0.0367. The predicted molar refractivity (Wildman–Crippen MR) is 73.7 cm³/mol. The Morgan fingerprint density at radius 2 is 2.05 bits per heavy atom. The van der Waals surface area contributed by atoms with Crippen molar-refractivity contribution in [3.63, 3.8) is 0 Å². The Labute approximate surface area is 115 Å². The zero-order valence-corrected chi connectivity index (χ0v) is 12.2. The van der Waals surface area contributed by atoms with Crippen LogP contribution in [0.25, 0.3) is 0 Å². The second-order valence-corrected chi connectivity index (χ2v) is 5.77. The number of rotatable bonds is 7. The topological polar surface area (TPSA) is 52.7 Å². The van der Waals surface area contributed by atoms with E-state index < -0.39 is 0 Å². The van der Waals surface area contributed by atoms with E-state index in [1.165, 1.54) is 17.7 Å². The number of likely N-dealkylation sites (N-methyl/N-ethyl adjacent to an activating group) is 1. The molecule has 19 heavy (non-hydrogen) atoms. The quantitative estimate of drug-likeness (QED) is 0.686. The lowest BCUT2D eigenvalue weighted by molar-refractivity contribution is -0.140. The maximum absolute atomic E-state index is 12.1. The molecule has 1 N–H and O–H groups in total. The number of nitrogens with one attached hydrogen (secondary N) is 1. The van der Waals surface area contributed by atoms with Gasteiger partial charge < -0.3 is 5.32 Å². The molecule has 1 aliphatic carbocycles. The van der Waals surface area contributed by atoms with E-state index in [4.69, 9.17) is 0 Å². The average molecular weight is 267 g/mol. The molecule has 0 aromatic heterocycles. The first-order chi connectivity index (χ1) is 9.04. The Morgan fingerprint density at radius 1 is 1.37 bits per heavy atom. The first-order valence-electron chi connectivity index (χ1n) is 7.38. The maximum Gasteiger partial charge on any atom is 0.247 e. The number of hydrogen-bond acceptors (Lipinski definition) is 4. The lowest BCUT2D eigenvalue weighted by atomic mass is 10.2. The van der Waals surface area contributed by atoms with Crippen LogP contribution in [-0.2, 0) is 9.59 Å². The van der Waals surface area contributed by atoms with Gasteiger partial charge in [-0.05, 0) is 33.2 Å². The standard InChI is InChI=1S/C14H25N3O2/c1-4-16(11-5-6-11)8-7-15-12-9-13(18)17(10(2)3)14(12)19/h10-12,15H,4-9H2,1-3H3. The molecule has 5 nitrogen and oxygen atoms in total. The van der Waals surface area contributed by atoms with Crippen LogP contribution in [-0.4, -0.2) is 59.4 Å². The van der Waals surface area contributed by atoms with Crippen molar-refractivity contribution < 1.29 is 9.59 Å². The summed E-state index contributed by atoms with van der Waals surface area (Å²) in [7, 11) is 0. The summed E-state index contributed by atoms with van der Waals surface area (Å²) in [5.74, 6) is -0.110. The fourth-order valence-electron chi connectivity index (χ4n) is 2.77.